The van der Waals surface area contributed by atoms with Crippen LogP contribution < -0.4 is 4.74 Å². The van der Waals surface area contributed by atoms with E-state index in [1.165, 1.54) is 0 Å². The molecule has 128 valence electrons. The minimum absolute atomic E-state index is 0.189. The summed E-state index contributed by atoms with van der Waals surface area (Å²) in [6.07, 6.45) is 11.9. The molecule has 1 aliphatic rings. The van der Waals surface area contributed by atoms with Gasteiger partial charge in [-0.25, -0.2) is 0 Å². The van der Waals surface area contributed by atoms with Crippen molar-refractivity contribution < 1.29 is 9.53 Å². The van der Waals surface area contributed by atoms with Crippen LogP contribution >= 0.6 is 0 Å². The third-order valence-corrected chi connectivity index (χ3v) is 4.75. The maximum absolute atomic E-state index is 12.1. The summed E-state index contributed by atoms with van der Waals surface area (Å²) in [6.45, 7) is 0. The second kappa shape index (κ2) is 7.98. The molecular weight excluding hydrogens is 308 g/mol. The minimum Gasteiger partial charge on any atom is -0.497 e. The highest BCUT2D eigenvalue weighted by Crippen LogP contribution is 2.38. The molecule has 0 aromatic heterocycles. The molecule has 25 heavy (non-hydrogen) atoms. The zero-order chi connectivity index (χ0) is 17.5. The van der Waals surface area contributed by atoms with Crippen LogP contribution in [0.25, 0.3) is 12.2 Å². The summed E-state index contributed by atoms with van der Waals surface area (Å²) in [6, 6.07) is 18.2. The van der Waals surface area contributed by atoms with Crippen molar-refractivity contribution in [1.82, 2.24) is 0 Å². The second-order valence-electron chi connectivity index (χ2n) is 6.65. The van der Waals surface area contributed by atoms with Crippen molar-refractivity contribution in [2.45, 2.75) is 25.7 Å². The van der Waals surface area contributed by atoms with E-state index in [0.29, 0.717) is 18.6 Å². The van der Waals surface area contributed by atoms with E-state index >= 15 is 0 Å². The molecule has 0 amide bonds. The summed E-state index contributed by atoms with van der Waals surface area (Å²) >= 11 is 0. The molecule has 0 saturated heterocycles. The number of allylic oxidation sites excluding steroid dienone is 2. The SMILES string of the molecule is COc1ccc(/C=C/C2(/C=C/c3ccccc3)CCCC(=O)C2)cc1. The van der Waals surface area contributed by atoms with E-state index in [9.17, 15) is 4.79 Å². The fourth-order valence-corrected chi connectivity index (χ4v) is 3.30. The van der Waals surface area contributed by atoms with Crippen LogP contribution in [-0.4, -0.2) is 12.9 Å². The zero-order valence-electron chi connectivity index (χ0n) is 14.7. The summed E-state index contributed by atoms with van der Waals surface area (Å²) in [7, 11) is 1.67. The lowest BCUT2D eigenvalue weighted by Crippen LogP contribution is -2.24. The van der Waals surface area contributed by atoms with Crippen LogP contribution in [0.5, 0.6) is 5.75 Å². The van der Waals surface area contributed by atoms with Crippen molar-refractivity contribution in [1.29, 1.82) is 0 Å². The zero-order valence-corrected chi connectivity index (χ0v) is 14.7. The van der Waals surface area contributed by atoms with Crippen LogP contribution in [0.2, 0.25) is 0 Å². The number of benzene rings is 2. The average Bonchev–Trinajstić information content (AvgIpc) is 2.66. The molecule has 0 N–H and O–H groups in total. The molecule has 3 rings (SSSR count). The topological polar surface area (TPSA) is 26.3 Å². The Bertz CT molecular complexity index is 756. The number of ketones is 1. The van der Waals surface area contributed by atoms with Crippen LogP contribution in [0.1, 0.15) is 36.8 Å². The van der Waals surface area contributed by atoms with Crippen molar-refractivity contribution in [3.8, 4) is 5.75 Å². The molecule has 2 nitrogen and oxygen atoms in total. The number of carbonyl (C=O) groups excluding carboxylic acids is 1. The molecule has 1 fully saturated rings. The van der Waals surface area contributed by atoms with E-state index in [0.717, 1.165) is 29.7 Å². The Morgan fingerprint density at radius 3 is 2.16 bits per heavy atom. The Balaban J connectivity index is 1.84. The number of hydrogen-bond acceptors (Lipinski definition) is 2. The quantitative estimate of drug-likeness (QED) is 0.717. The van der Waals surface area contributed by atoms with Gasteiger partial charge in [-0.3, -0.25) is 4.79 Å². The number of methoxy groups -OCH3 is 1. The predicted octanol–water partition coefficient (Wildman–Crippen LogP) is 5.55. The van der Waals surface area contributed by atoms with Gasteiger partial charge in [0.1, 0.15) is 11.5 Å². The molecule has 0 heterocycles. The molecule has 0 radical (unpaired) electrons. The maximum Gasteiger partial charge on any atom is 0.134 e. The normalized spacial score (nSPS) is 21.1. The Kier molecular flexibility index (Phi) is 5.49. The largest absolute Gasteiger partial charge is 0.497 e. The number of hydrogen-bond donors (Lipinski definition) is 0. The summed E-state index contributed by atoms with van der Waals surface area (Å²) in [5.41, 5.74) is 2.09. The van der Waals surface area contributed by atoms with Gasteiger partial charge in [-0.1, -0.05) is 66.8 Å². The van der Waals surface area contributed by atoms with E-state index in [1.807, 2.05) is 42.5 Å². The first-order valence-electron chi connectivity index (χ1n) is 8.78. The molecule has 1 atom stereocenters. The Morgan fingerprint density at radius 2 is 1.56 bits per heavy atom. The maximum atomic E-state index is 12.1. The van der Waals surface area contributed by atoms with Gasteiger partial charge in [0.05, 0.1) is 7.11 Å². The van der Waals surface area contributed by atoms with Gasteiger partial charge in [-0.05, 0) is 36.1 Å². The van der Waals surface area contributed by atoms with Crippen LogP contribution in [-0.2, 0) is 4.79 Å². The van der Waals surface area contributed by atoms with Gasteiger partial charge in [0.2, 0.25) is 0 Å². The standard InChI is InChI=1S/C23H24O2/c1-25-22-11-9-20(10-12-22)14-17-23(15-5-8-21(24)18-23)16-13-19-6-3-2-4-7-19/h2-4,6-7,9-14,16-17H,5,8,15,18H2,1H3/b16-13+,17-14+. The third-order valence-electron chi connectivity index (χ3n) is 4.75. The Morgan fingerprint density at radius 1 is 0.920 bits per heavy atom. The van der Waals surface area contributed by atoms with E-state index in [4.69, 9.17) is 4.74 Å². The molecule has 1 unspecified atom stereocenters. The van der Waals surface area contributed by atoms with Gasteiger partial charge < -0.3 is 4.74 Å². The van der Waals surface area contributed by atoms with E-state index < -0.39 is 0 Å². The molecule has 0 aliphatic heterocycles. The molecule has 0 bridgehead atoms. The van der Waals surface area contributed by atoms with Gasteiger partial charge >= 0.3 is 0 Å². The van der Waals surface area contributed by atoms with Crippen LogP contribution in [0, 0.1) is 5.41 Å². The number of ether oxygens (including phenoxy) is 1. The van der Waals surface area contributed by atoms with Gasteiger partial charge in [0.25, 0.3) is 0 Å². The van der Waals surface area contributed by atoms with E-state index in [1.54, 1.807) is 7.11 Å². The first kappa shape index (κ1) is 17.2. The highest BCUT2D eigenvalue weighted by atomic mass is 16.5. The van der Waals surface area contributed by atoms with Crippen molar-refractivity contribution >= 4 is 17.9 Å². The van der Waals surface area contributed by atoms with Crippen molar-refractivity contribution in [3.63, 3.8) is 0 Å². The fraction of sp³-hybridized carbons (Fsp3) is 0.261. The number of rotatable bonds is 5. The minimum atomic E-state index is -0.189. The Hall–Kier alpha value is -2.61. The van der Waals surface area contributed by atoms with E-state index in [-0.39, 0.29) is 5.41 Å². The van der Waals surface area contributed by atoms with Gasteiger partial charge in [0, 0.05) is 18.3 Å². The monoisotopic (exact) mass is 332 g/mol. The molecule has 2 heteroatoms. The third kappa shape index (κ3) is 4.69. The fourth-order valence-electron chi connectivity index (χ4n) is 3.30. The summed E-state index contributed by atoms with van der Waals surface area (Å²) in [5.74, 6) is 1.20. The predicted molar refractivity (Wildman–Crippen MR) is 103 cm³/mol. The lowest BCUT2D eigenvalue weighted by Gasteiger charge is -2.31. The van der Waals surface area contributed by atoms with Gasteiger partial charge in [-0.2, -0.15) is 0 Å². The van der Waals surface area contributed by atoms with Crippen LogP contribution in [0.4, 0.5) is 0 Å². The molecule has 2 aromatic carbocycles. The molecule has 0 spiro atoms. The van der Waals surface area contributed by atoms with Crippen LogP contribution in [0.15, 0.2) is 66.7 Å². The number of carbonyl (C=O) groups is 1. The van der Waals surface area contributed by atoms with Gasteiger partial charge in [-0.15, -0.1) is 0 Å². The van der Waals surface area contributed by atoms with Crippen molar-refractivity contribution in [2.75, 3.05) is 7.11 Å². The van der Waals surface area contributed by atoms with Crippen LogP contribution in [0.3, 0.4) is 0 Å². The van der Waals surface area contributed by atoms with Crippen molar-refractivity contribution in [2.24, 2.45) is 5.41 Å². The molecule has 2 aromatic rings. The summed E-state index contributed by atoms with van der Waals surface area (Å²) < 4.78 is 5.21. The lowest BCUT2D eigenvalue weighted by atomic mass is 9.72. The summed E-state index contributed by atoms with van der Waals surface area (Å²) in [5, 5.41) is 0. The van der Waals surface area contributed by atoms with Gasteiger partial charge in [0.15, 0.2) is 0 Å². The second-order valence-corrected chi connectivity index (χ2v) is 6.65. The molecular formula is C23H24O2. The highest BCUT2D eigenvalue weighted by molar-refractivity contribution is 5.81. The average molecular weight is 332 g/mol. The first-order chi connectivity index (χ1) is 12.2. The van der Waals surface area contributed by atoms with Crippen molar-refractivity contribution in [3.05, 3.63) is 77.9 Å². The molecule has 1 saturated carbocycles. The molecule has 1 aliphatic carbocycles. The smallest absolute Gasteiger partial charge is 0.134 e. The first-order valence-corrected chi connectivity index (χ1v) is 8.78. The number of Topliss-reactive ketones (excluding diaryl/α,β-unsaturated/α-hetero) is 1. The Labute approximate surface area is 149 Å². The van der Waals surface area contributed by atoms with E-state index in [2.05, 4.69) is 36.4 Å². The lowest BCUT2D eigenvalue weighted by molar-refractivity contribution is -0.122. The summed E-state index contributed by atoms with van der Waals surface area (Å²) in [4.78, 5) is 12.1. The highest BCUT2D eigenvalue weighted by Gasteiger charge is 2.30.